The van der Waals surface area contributed by atoms with Crippen LogP contribution in [0, 0.1) is 17.5 Å². The quantitative estimate of drug-likeness (QED) is 0.901. The van der Waals surface area contributed by atoms with Gasteiger partial charge in [-0.2, -0.15) is 0 Å². The van der Waals surface area contributed by atoms with E-state index in [4.69, 9.17) is 5.73 Å². The Balaban J connectivity index is 2.28. The molecule has 1 unspecified atom stereocenters. The summed E-state index contributed by atoms with van der Waals surface area (Å²) in [5.41, 5.74) is 6.62. The Labute approximate surface area is 117 Å². The molecular formula is C14H11BrF3N. The van der Waals surface area contributed by atoms with Crippen molar-refractivity contribution in [2.75, 3.05) is 0 Å². The second-order valence-electron chi connectivity index (χ2n) is 4.17. The van der Waals surface area contributed by atoms with Gasteiger partial charge in [-0.25, -0.2) is 13.2 Å². The lowest BCUT2D eigenvalue weighted by Gasteiger charge is -2.15. The van der Waals surface area contributed by atoms with E-state index in [1.54, 1.807) is 6.07 Å². The Morgan fingerprint density at radius 3 is 2.37 bits per heavy atom. The normalized spacial score (nSPS) is 12.5. The number of benzene rings is 2. The fraction of sp³-hybridized carbons (Fsp3) is 0.143. The summed E-state index contributed by atoms with van der Waals surface area (Å²) in [7, 11) is 0. The first kappa shape index (κ1) is 14.1. The molecule has 0 aliphatic heterocycles. The summed E-state index contributed by atoms with van der Waals surface area (Å²) >= 11 is 3.10. The molecule has 0 aromatic heterocycles. The predicted octanol–water partition coefficient (Wildman–Crippen LogP) is 4.11. The molecule has 2 N–H and O–H groups in total. The largest absolute Gasteiger partial charge is 0.324 e. The molecule has 0 amide bonds. The van der Waals surface area contributed by atoms with Gasteiger partial charge in [0.1, 0.15) is 5.82 Å². The van der Waals surface area contributed by atoms with Crippen LogP contribution in [-0.2, 0) is 6.42 Å². The fourth-order valence-electron chi connectivity index (χ4n) is 1.86. The van der Waals surface area contributed by atoms with Crippen molar-refractivity contribution in [1.29, 1.82) is 0 Å². The van der Waals surface area contributed by atoms with Gasteiger partial charge in [-0.1, -0.05) is 24.3 Å². The first-order valence-electron chi connectivity index (χ1n) is 5.63. The van der Waals surface area contributed by atoms with Crippen molar-refractivity contribution in [2.24, 2.45) is 5.73 Å². The number of hydrogen-bond donors (Lipinski definition) is 1. The van der Waals surface area contributed by atoms with Crippen LogP contribution in [0.3, 0.4) is 0 Å². The van der Waals surface area contributed by atoms with Crippen LogP contribution in [0.1, 0.15) is 17.2 Å². The predicted molar refractivity (Wildman–Crippen MR) is 71.1 cm³/mol. The zero-order valence-corrected chi connectivity index (χ0v) is 11.4. The molecule has 0 radical (unpaired) electrons. The van der Waals surface area contributed by atoms with Crippen molar-refractivity contribution < 1.29 is 13.2 Å². The van der Waals surface area contributed by atoms with Gasteiger partial charge >= 0.3 is 0 Å². The summed E-state index contributed by atoms with van der Waals surface area (Å²) in [5.74, 6) is -2.26. The number of halogens is 4. The minimum absolute atomic E-state index is 0.0889. The second kappa shape index (κ2) is 5.75. The first-order chi connectivity index (χ1) is 9.00. The van der Waals surface area contributed by atoms with E-state index in [1.807, 2.05) is 0 Å². The molecular weight excluding hydrogens is 319 g/mol. The fourth-order valence-corrected chi connectivity index (χ4v) is 2.42. The highest BCUT2D eigenvalue weighted by atomic mass is 79.9. The van der Waals surface area contributed by atoms with Gasteiger partial charge in [-0.05, 0) is 45.6 Å². The van der Waals surface area contributed by atoms with E-state index < -0.39 is 23.5 Å². The average molecular weight is 330 g/mol. The molecule has 0 saturated carbocycles. The average Bonchev–Trinajstić information content (AvgIpc) is 2.38. The third-order valence-corrected chi connectivity index (χ3v) is 3.69. The number of hydrogen-bond acceptors (Lipinski definition) is 1. The van der Waals surface area contributed by atoms with Crippen LogP contribution in [0.15, 0.2) is 40.9 Å². The molecule has 0 heterocycles. The van der Waals surface area contributed by atoms with E-state index in [9.17, 15) is 13.2 Å². The third-order valence-electron chi connectivity index (χ3n) is 2.85. The summed E-state index contributed by atoms with van der Waals surface area (Å²) in [4.78, 5) is 0. The minimum atomic E-state index is -0.914. The molecule has 0 spiro atoms. The van der Waals surface area contributed by atoms with E-state index in [-0.39, 0.29) is 16.5 Å². The van der Waals surface area contributed by atoms with Crippen LogP contribution in [-0.4, -0.2) is 0 Å². The molecule has 0 aliphatic carbocycles. The van der Waals surface area contributed by atoms with Gasteiger partial charge in [0.2, 0.25) is 0 Å². The van der Waals surface area contributed by atoms with E-state index >= 15 is 0 Å². The molecule has 5 heteroatoms. The maximum atomic E-state index is 13.5. The van der Waals surface area contributed by atoms with Crippen LogP contribution >= 0.6 is 15.9 Å². The number of nitrogens with two attached hydrogens (primary N) is 1. The maximum absolute atomic E-state index is 13.5. The summed E-state index contributed by atoms with van der Waals surface area (Å²) in [5, 5.41) is 0. The monoisotopic (exact) mass is 329 g/mol. The number of rotatable bonds is 3. The van der Waals surface area contributed by atoms with Gasteiger partial charge in [-0.3, -0.25) is 0 Å². The third kappa shape index (κ3) is 2.98. The summed E-state index contributed by atoms with van der Waals surface area (Å²) in [6, 6.07) is 7.77. The first-order valence-corrected chi connectivity index (χ1v) is 6.42. The van der Waals surface area contributed by atoms with E-state index in [0.717, 1.165) is 6.07 Å². The summed E-state index contributed by atoms with van der Waals surface area (Å²) in [6.45, 7) is 0. The molecule has 100 valence electrons. The van der Waals surface area contributed by atoms with Gasteiger partial charge in [-0.15, -0.1) is 0 Å². The van der Waals surface area contributed by atoms with Crippen molar-refractivity contribution >= 4 is 15.9 Å². The zero-order chi connectivity index (χ0) is 14.0. The molecule has 19 heavy (non-hydrogen) atoms. The topological polar surface area (TPSA) is 26.0 Å². The molecule has 1 atom stereocenters. The Bertz CT molecular complexity index is 601. The van der Waals surface area contributed by atoms with Crippen LogP contribution in [0.4, 0.5) is 13.2 Å². The highest BCUT2D eigenvalue weighted by Crippen LogP contribution is 2.27. The van der Waals surface area contributed by atoms with Crippen molar-refractivity contribution in [1.82, 2.24) is 0 Å². The Morgan fingerprint density at radius 1 is 1.00 bits per heavy atom. The standard InChI is InChI=1S/C14H11BrF3N/c15-13-9(4-2-5-10(13)16)12(19)7-8-3-1-6-11(17)14(8)18/h1-6,12H,7,19H2. The summed E-state index contributed by atoms with van der Waals surface area (Å²) < 4.78 is 40.3. The zero-order valence-electron chi connectivity index (χ0n) is 9.84. The van der Waals surface area contributed by atoms with Gasteiger partial charge in [0.05, 0.1) is 4.47 Å². The Hall–Kier alpha value is -1.33. The van der Waals surface area contributed by atoms with Gasteiger partial charge in [0, 0.05) is 6.04 Å². The molecule has 2 rings (SSSR count). The lowest BCUT2D eigenvalue weighted by Crippen LogP contribution is -2.15. The van der Waals surface area contributed by atoms with Gasteiger partial charge in [0.15, 0.2) is 11.6 Å². The molecule has 0 aliphatic rings. The van der Waals surface area contributed by atoms with Gasteiger partial charge in [0.25, 0.3) is 0 Å². The van der Waals surface area contributed by atoms with Crippen LogP contribution < -0.4 is 5.73 Å². The molecule has 2 aromatic rings. The van der Waals surface area contributed by atoms with Crippen molar-refractivity contribution in [3.8, 4) is 0 Å². The Kier molecular flexibility index (Phi) is 4.27. The highest BCUT2D eigenvalue weighted by Gasteiger charge is 2.16. The van der Waals surface area contributed by atoms with Crippen molar-refractivity contribution in [3.05, 3.63) is 69.4 Å². The highest BCUT2D eigenvalue weighted by molar-refractivity contribution is 9.10. The SMILES string of the molecule is NC(Cc1cccc(F)c1F)c1cccc(F)c1Br. The molecule has 0 bridgehead atoms. The van der Waals surface area contributed by atoms with Crippen LogP contribution in [0.5, 0.6) is 0 Å². The molecule has 1 nitrogen and oxygen atoms in total. The van der Waals surface area contributed by atoms with Gasteiger partial charge < -0.3 is 5.73 Å². The van der Waals surface area contributed by atoms with Crippen LogP contribution in [0.25, 0.3) is 0 Å². The van der Waals surface area contributed by atoms with Crippen molar-refractivity contribution in [3.63, 3.8) is 0 Å². The smallest absolute Gasteiger partial charge is 0.162 e. The van der Waals surface area contributed by atoms with E-state index in [1.165, 1.54) is 24.3 Å². The lowest BCUT2D eigenvalue weighted by molar-refractivity contribution is 0.494. The van der Waals surface area contributed by atoms with E-state index in [2.05, 4.69) is 15.9 Å². The Morgan fingerprint density at radius 2 is 1.63 bits per heavy atom. The molecule has 0 saturated heterocycles. The van der Waals surface area contributed by atoms with Crippen LogP contribution in [0.2, 0.25) is 0 Å². The second-order valence-corrected chi connectivity index (χ2v) is 4.96. The minimum Gasteiger partial charge on any atom is -0.324 e. The maximum Gasteiger partial charge on any atom is 0.162 e. The van der Waals surface area contributed by atoms with Crippen molar-refractivity contribution in [2.45, 2.75) is 12.5 Å². The molecule has 0 fully saturated rings. The molecule has 2 aromatic carbocycles. The van der Waals surface area contributed by atoms with E-state index in [0.29, 0.717) is 5.56 Å². The summed E-state index contributed by atoms with van der Waals surface area (Å²) in [6.07, 6.45) is 0.0889. The lowest BCUT2D eigenvalue weighted by atomic mass is 9.99.